The predicted octanol–water partition coefficient (Wildman–Crippen LogP) is 2.92. The van der Waals surface area contributed by atoms with Crippen LogP contribution in [0.4, 0.5) is 10.1 Å². The summed E-state index contributed by atoms with van der Waals surface area (Å²) in [5.41, 5.74) is 0.927. The first kappa shape index (κ1) is 16.9. The molecule has 0 aliphatic heterocycles. The van der Waals surface area contributed by atoms with Crippen molar-refractivity contribution in [2.24, 2.45) is 0 Å². The highest BCUT2D eigenvalue weighted by atomic mass is 19.1. The first-order valence-corrected chi connectivity index (χ1v) is 6.95. The first-order valence-electron chi connectivity index (χ1n) is 6.95. The van der Waals surface area contributed by atoms with Gasteiger partial charge in [0.25, 0.3) is 0 Å². The van der Waals surface area contributed by atoms with Gasteiger partial charge in [0, 0.05) is 19.1 Å². The molecule has 114 valence electrons. The van der Waals surface area contributed by atoms with Crippen LogP contribution in [0.2, 0.25) is 0 Å². The molecule has 0 heterocycles. The topological polar surface area (TPSA) is 35.5 Å². The van der Waals surface area contributed by atoms with Crippen molar-refractivity contribution < 1.29 is 9.50 Å². The van der Waals surface area contributed by atoms with Crippen molar-refractivity contribution in [1.82, 2.24) is 5.32 Å². The highest BCUT2D eigenvalue weighted by molar-refractivity contribution is 5.50. The van der Waals surface area contributed by atoms with Gasteiger partial charge in [-0.3, -0.25) is 0 Å². The normalized spacial score (nSPS) is 12.6. The molecule has 0 atom stereocenters. The van der Waals surface area contributed by atoms with Crippen molar-refractivity contribution in [3.63, 3.8) is 0 Å². The zero-order valence-electron chi connectivity index (χ0n) is 13.4. The Labute approximate surface area is 121 Å². The molecule has 0 saturated heterocycles. The molecule has 2 N–H and O–H groups in total. The zero-order chi connectivity index (χ0) is 15.6. The number of benzene rings is 1. The fraction of sp³-hybridized carbons (Fsp3) is 0.625. The second kappa shape index (κ2) is 6.10. The van der Waals surface area contributed by atoms with Crippen LogP contribution < -0.4 is 10.2 Å². The molecular formula is C16H27FN2O. The van der Waals surface area contributed by atoms with Crippen LogP contribution in [0.1, 0.15) is 40.2 Å². The quantitative estimate of drug-likeness (QED) is 0.871. The maximum atomic E-state index is 14.2. The molecule has 0 aromatic heterocycles. The number of hydrogen-bond donors (Lipinski definition) is 2. The number of nitrogens with zero attached hydrogens (tertiary/aromatic N) is 1. The van der Waals surface area contributed by atoms with Crippen LogP contribution in [0.5, 0.6) is 0 Å². The van der Waals surface area contributed by atoms with Gasteiger partial charge in [-0.05, 0) is 52.3 Å². The minimum atomic E-state index is -0.494. The minimum Gasteiger partial charge on any atom is -0.394 e. The van der Waals surface area contributed by atoms with Crippen LogP contribution in [-0.4, -0.2) is 29.8 Å². The van der Waals surface area contributed by atoms with E-state index in [9.17, 15) is 9.50 Å². The maximum absolute atomic E-state index is 14.2. The highest BCUT2D eigenvalue weighted by Gasteiger charge is 2.24. The third kappa shape index (κ3) is 4.46. The maximum Gasteiger partial charge on any atom is 0.146 e. The Hall–Kier alpha value is -1.13. The second-order valence-electron chi connectivity index (χ2n) is 6.92. The lowest BCUT2D eigenvalue weighted by Gasteiger charge is -2.36. The Kier molecular flexibility index (Phi) is 5.16. The van der Waals surface area contributed by atoms with Crippen LogP contribution in [-0.2, 0) is 6.54 Å². The molecule has 0 bridgehead atoms. The van der Waals surface area contributed by atoms with Gasteiger partial charge >= 0.3 is 0 Å². The van der Waals surface area contributed by atoms with Crippen LogP contribution in [0.15, 0.2) is 18.2 Å². The minimum absolute atomic E-state index is 0.00478. The van der Waals surface area contributed by atoms with E-state index in [1.165, 1.54) is 0 Å². The monoisotopic (exact) mass is 282 g/mol. The Balaban J connectivity index is 2.89. The molecule has 0 saturated carbocycles. The SMILES string of the molecule is CN(c1ccc(CNC(C)(C)C)cc1F)C(C)(C)CO. The summed E-state index contributed by atoms with van der Waals surface area (Å²) in [5.74, 6) is -0.262. The molecule has 4 heteroatoms. The molecule has 1 aromatic carbocycles. The second-order valence-corrected chi connectivity index (χ2v) is 6.92. The molecule has 1 rings (SSSR count). The highest BCUT2D eigenvalue weighted by Crippen LogP contribution is 2.25. The molecular weight excluding hydrogens is 255 g/mol. The zero-order valence-corrected chi connectivity index (χ0v) is 13.4. The van der Waals surface area contributed by atoms with Crippen LogP contribution in [0.25, 0.3) is 0 Å². The van der Waals surface area contributed by atoms with E-state index in [-0.39, 0.29) is 18.0 Å². The van der Waals surface area contributed by atoms with Gasteiger partial charge in [0.15, 0.2) is 0 Å². The Bertz CT molecular complexity index is 452. The van der Waals surface area contributed by atoms with E-state index in [2.05, 4.69) is 26.1 Å². The van der Waals surface area contributed by atoms with Crippen molar-refractivity contribution >= 4 is 5.69 Å². The van der Waals surface area contributed by atoms with Crippen molar-refractivity contribution in [2.45, 2.75) is 52.2 Å². The summed E-state index contributed by atoms with van der Waals surface area (Å²) >= 11 is 0. The molecule has 0 aliphatic carbocycles. The smallest absolute Gasteiger partial charge is 0.146 e. The molecule has 0 unspecified atom stereocenters. The van der Waals surface area contributed by atoms with Crippen LogP contribution >= 0.6 is 0 Å². The average molecular weight is 282 g/mol. The van der Waals surface area contributed by atoms with Crippen molar-refractivity contribution in [1.29, 1.82) is 0 Å². The van der Waals surface area contributed by atoms with E-state index in [1.54, 1.807) is 24.1 Å². The summed E-state index contributed by atoms with van der Waals surface area (Å²) in [4.78, 5) is 1.77. The lowest BCUT2D eigenvalue weighted by molar-refractivity contribution is 0.215. The first-order chi connectivity index (χ1) is 9.07. The van der Waals surface area contributed by atoms with E-state index < -0.39 is 5.54 Å². The summed E-state index contributed by atoms with van der Waals surface area (Å²) in [5, 5.41) is 12.7. The lowest BCUT2D eigenvalue weighted by atomic mass is 10.0. The van der Waals surface area contributed by atoms with Crippen LogP contribution in [0, 0.1) is 5.82 Å². The van der Waals surface area contributed by atoms with E-state index in [0.29, 0.717) is 12.2 Å². The molecule has 0 aliphatic rings. The standard InChI is InChI=1S/C16H27FN2O/c1-15(2,3)18-10-12-7-8-14(13(17)9-12)19(6)16(4,5)11-20/h7-9,18,20H,10-11H2,1-6H3. The van der Waals surface area contributed by atoms with Gasteiger partial charge in [-0.2, -0.15) is 0 Å². The summed E-state index contributed by atoms with van der Waals surface area (Å²) in [6.07, 6.45) is 0. The number of nitrogens with one attached hydrogen (secondary N) is 1. The molecule has 0 radical (unpaired) electrons. The van der Waals surface area contributed by atoms with E-state index >= 15 is 0 Å². The molecule has 0 amide bonds. The average Bonchev–Trinajstić information content (AvgIpc) is 2.35. The van der Waals surface area contributed by atoms with E-state index in [4.69, 9.17) is 0 Å². The fourth-order valence-corrected chi connectivity index (χ4v) is 1.73. The fourth-order valence-electron chi connectivity index (χ4n) is 1.73. The van der Waals surface area contributed by atoms with Gasteiger partial charge in [0.05, 0.1) is 17.8 Å². The number of halogens is 1. The molecule has 1 aromatic rings. The van der Waals surface area contributed by atoms with Gasteiger partial charge in [0.1, 0.15) is 5.82 Å². The van der Waals surface area contributed by atoms with Crippen molar-refractivity contribution in [3.05, 3.63) is 29.6 Å². The third-order valence-corrected chi connectivity index (χ3v) is 3.49. The Morgan fingerprint density at radius 3 is 2.25 bits per heavy atom. The summed E-state index contributed by atoms with van der Waals surface area (Å²) < 4.78 is 14.2. The molecule has 0 spiro atoms. The number of anilines is 1. The Morgan fingerprint density at radius 2 is 1.80 bits per heavy atom. The Morgan fingerprint density at radius 1 is 1.20 bits per heavy atom. The largest absolute Gasteiger partial charge is 0.394 e. The number of likely N-dealkylation sites (N-methyl/N-ethyl adjacent to an activating group) is 1. The number of hydrogen-bond acceptors (Lipinski definition) is 3. The number of aliphatic hydroxyl groups excluding tert-OH is 1. The number of rotatable bonds is 5. The predicted molar refractivity (Wildman–Crippen MR) is 82.6 cm³/mol. The van der Waals surface area contributed by atoms with E-state index in [0.717, 1.165) is 5.56 Å². The summed E-state index contributed by atoms with van der Waals surface area (Å²) in [7, 11) is 1.79. The molecule has 20 heavy (non-hydrogen) atoms. The van der Waals surface area contributed by atoms with Crippen LogP contribution in [0.3, 0.4) is 0 Å². The summed E-state index contributed by atoms with van der Waals surface area (Å²) in [6, 6.07) is 5.24. The third-order valence-electron chi connectivity index (χ3n) is 3.49. The van der Waals surface area contributed by atoms with Gasteiger partial charge in [-0.25, -0.2) is 4.39 Å². The van der Waals surface area contributed by atoms with Crippen molar-refractivity contribution in [2.75, 3.05) is 18.6 Å². The van der Waals surface area contributed by atoms with Gasteiger partial charge in [-0.1, -0.05) is 6.07 Å². The summed E-state index contributed by atoms with van der Waals surface area (Å²) in [6.45, 7) is 10.6. The van der Waals surface area contributed by atoms with E-state index in [1.807, 2.05) is 19.9 Å². The van der Waals surface area contributed by atoms with Crippen molar-refractivity contribution in [3.8, 4) is 0 Å². The molecule has 3 nitrogen and oxygen atoms in total. The van der Waals surface area contributed by atoms with Gasteiger partial charge < -0.3 is 15.3 Å². The molecule has 0 fully saturated rings. The van der Waals surface area contributed by atoms with Gasteiger partial charge in [-0.15, -0.1) is 0 Å². The van der Waals surface area contributed by atoms with Gasteiger partial charge in [0.2, 0.25) is 0 Å². The number of aliphatic hydroxyl groups is 1. The lowest BCUT2D eigenvalue weighted by Crippen LogP contribution is -2.44.